The Hall–Kier alpha value is -0.890. The summed E-state index contributed by atoms with van der Waals surface area (Å²) in [5, 5.41) is 0. The molecule has 1 aromatic carbocycles. The third-order valence-electron chi connectivity index (χ3n) is 2.79. The van der Waals surface area contributed by atoms with E-state index in [1.165, 1.54) is 6.07 Å². The van der Waals surface area contributed by atoms with Crippen LogP contribution in [0.4, 0.5) is 4.39 Å². The fraction of sp³-hybridized carbons (Fsp3) is 0.333. The van der Waals surface area contributed by atoms with Gasteiger partial charge in [0.2, 0.25) is 5.91 Å². The molecule has 0 spiro atoms. The van der Waals surface area contributed by atoms with E-state index in [2.05, 4.69) is 4.98 Å². The molecule has 0 radical (unpaired) electrons. The summed E-state index contributed by atoms with van der Waals surface area (Å²) in [5.74, 6) is 0.272. The second-order valence-electron chi connectivity index (χ2n) is 4.14. The smallest absolute Gasteiger partial charge is 0.217 e. The number of halogens is 3. The van der Waals surface area contributed by atoms with Crippen LogP contribution in [0, 0.1) is 9.39 Å². The maximum absolute atomic E-state index is 13.6. The lowest BCUT2D eigenvalue weighted by Crippen LogP contribution is -2.12. The van der Waals surface area contributed by atoms with Gasteiger partial charge in [-0.3, -0.25) is 4.79 Å². The summed E-state index contributed by atoms with van der Waals surface area (Å²) in [5.41, 5.74) is 6.51. The lowest BCUT2D eigenvalue weighted by atomic mass is 10.2. The monoisotopic (exact) mass is 395 g/mol. The number of benzene rings is 1. The number of nitrogens with two attached hydrogens (primary N) is 1. The van der Waals surface area contributed by atoms with Crippen LogP contribution in [-0.4, -0.2) is 15.5 Å². The molecule has 0 saturated heterocycles. The average Bonchev–Trinajstić information content (AvgIpc) is 2.67. The largest absolute Gasteiger partial charge is 0.370 e. The SMILES string of the molecule is NC(=O)CCCn1c(CCl)nc2cc(I)c(F)cc21. The van der Waals surface area contributed by atoms with Gasteiger partial charge < -0.3 is 10.3 Å². The Morgan fingerprint density at radius 2 is 2.26 bits per heavy atom. The predicted molar refractivity (Wildman–Crippen MR) is 80.4 cm³/mol. The molecule has 1 heterocycles. The van der Waals surface area contributed by atoms with Gasteiger partial charge in [-0.05, 0) is 35.1 Å². The Balaban J connectivity index is 2.39. The summed E-state index contributed by atoms with van der Waals surface area (Å²) in [6.45, 7) is 0.543. The number of carbonyl (C=O) groups is 1. The summed E-state index contributed by atoms with van der Waals surface area (Å²) in [4.78, 5) is 15.1. The average molecular weight is 396 g/mol. The third kappa shape index (κ3) is 3.17. The molecule has 0 aliphatic carbocycles. The topological polar surface area (TPSA) is 60.9 Å². The normalized spacial score (nSPS) is 11.1. The molecular weight excluding hydrogens is 384 g/mol. The molecule has 0 unspecified atom stereocenters. The van der Waals surface area contributed by atoms with E-state index in [-0.39, 0.29) is 24.0 Å². The number of imidazole rings is 1. The minimum absolute atomic E-state index is 0.240. The van der Waals surface area contributed by atoms with Crippen molar-refractivity contribution in [2.45, 2.75) is 25.3 Å². The van der Waals surface area contributed by atoms with Crippen molar-refractivity contribution in [1.82, 2.24) is 9.55 Å². The molecule has 0 atom stereocenters. The molecular formula is C12H12ClFIN3O. The van der Waals surface area contributed by atoms with Crippen LogP contribution < -0.4 is 5.73 Å². The highest BCUT2D eigenvalue weighted by Gasteiger charge is 2.13. The van der Waals surface area contributed by atoms with Gasteiger partial charge in [0.1, 0.15) is 11.6 Å². The van der Waals surface area contributed by atoms with Crippen molar-refractivity contribution in [3.8, 4) is 0 Å². The van der Waals surface area contributed by atoms with E-state index < -0.39 is 0 Å². The first-order valence-corrected chi connectivity index (χ1v) is 7.32. The van der Waals surface area contributed by atoms with Crippen LogP contribution in [0.5, 0.6) is 0 Å². The third-order valence-corrected chi connectivity index (χ3v) is 3.86. The maximum atomic E-state index is 13.6. The van der Waals surface area contributed by atoms with Crippen LogP contribution in [0.15, 0.2) is 12.1 Å². The number of aryl methyl sites for hydroxylation is 1. The lowest BCUT2D eigenvalue weighted by Gasteiger charge is -2.07. The first-order valence-electron chi connectivity index (χ1n) is 5.71. The molecule has 2 aromatic rings. The zero-order valence-corrected chi connectivity index (χ0v) is 12.9. The van der Waals surface area contributed by atoms with Gasteiger partial charge in [0.15, 0.2) is 0 Å². The fourth-order valence-corrected chi connectivity index (χ4v) is 2.59. The molecule has 19 heavy (non-hydrogen) atoms. The minimum Gasteiger partial charge on any atom is -0.370 e. The van der Waals surface area contributed by atoms with E-state index >= 15 is 0 Å². The molecule has 4 nitrogen and oxygen atoms in total. The van der Waals surface area contributed by atoms with Crippen molar-refractivity contribution in [2.24, 2.45) is 5.73 Å². The summed E-state index contributed by atoms with van der Waals surface area (Å²) >= 11 is 7.78. The molecule has 0 aliphatic rings. The number of primary amides is 1. The van der Waals surface area contributed by atoms with Gasteiger partial charge >= 0.3 is 0 Å². The first-order chi connectivity index (χ1) is 9.02. The summed E-state index contributed by atoms with van der Waals surface area (Å²) in [7, 11) is 0. The van der Waals surface area contributed by atoms with E-state index in [1.807, 2.05) is 27.2 Å². The minimum atomic E-state index is -0.349. The quantitative estimate of drug-likeness (QED) is 0.625. The molecule has 0 fully saturated rings. The number of hydrogen-bond donors (Lipinski definition) is 1. The first kappa shape index (κ1) is 14.5. The number of alkyl halides is 1. The maximum Gasteiger partial charge on any atom is 0.217 e. The Bertz CT molecular complexity index is 629. The molecule has 0 aliphatic heterocycles. The van der Waals surface area contributed by atoms with E-state index in [0.29, 0.717) is 33.4 Å². The van der Waals surface area contributed by atoms with Crippen LogP contribution in [-0.2, 0) is 17.2 Å². The molecule has 102 valence electrons. The highest BCUT2D eigenvalue weighted by molar-refractivity contribution is 14.1. The highest BCUT2D eigenvalue weighted by Crippen LogP contribution is 2.23. The van der Waals surface area contributed by atoms with E-state index in [0.717, 1.165) is 0 Å². The fourth-order valence-electron chi connectivity index (χ4n) is 1.93. The second kappa shape index (κ2) is 6.04. The number of fused-ring (bicyclic) bond motifs is 1. The van der Waals surface area contributed by atoms with Crippen LogP contribution >= 0.6 is 34.2 Å². The van der Waals surface area contributed by atoms with Gasteiger partial charge in [-0.25, -0.2) is 9.37 Å². The van der Waals surface area contributed by atoms with Gasteiger partial charge in [-0.15, -0.1) is 11.6 Å². The molecule has 0 saturated carbocycles. The summed E-state index contributed by atoms with van der Waals surface area (Å²) < 4.78 is 16.0. The van der Waals surface area contributed by atoms with Crippen molar-refractivity contribution in [2.75, 3.05) is 0 Å². The number of carbonyl (C=O) groups excluding carboxylic acids is 1. The van der Waals surface area contributed by atoms with Crippen LogP contribution in [0.1, 0.15) is 18.7 Å². The van der Waals surface area contributed by atoms with Crippen molar-refractivity contribution < 1.29 is 9.18 Å². The van der Waals surface area contributed by atoms with Gasteiger partial charge in [-0.2, -0.15) is 0 Å². The molecule has 1 aromatic heterocycles. The van der Waals surface area contributed by atoms with Crippen LogP contribution in [0.2, 0.25) is 0 Å². The molecule has 2 rings (SSSR count). The Kier molecular flexibility index (Phi) is 4.62. The summed E-state index contributed by atoms with van der Waals surface area (Å²) in [6, 6.07) is 3.14. The second-order valence-corrected chi connectivity index (χ2v) is 5.57. The number of aromatic nitrogens is 2. The van der Waals surface area contributed by atoms with Gasteiger partial charge in [0.05, 0.1) is 20.5 Å². The number of hydrogen-bond acceptors (Lipinski definition) is 2. The van der Waals surface area contributed by atoms with E-state index in [9.17, 15) is 9.18 Å². The molecule has 1 amide bonds. The van der Waals surface area contributed by atoms with Crippen molar-refractivity contribution >= 4 is 51.1 Å². The van der Waals surface area contributed by atoms with E-state index in [4.69, 9.17) is 17.3 Å². The van der Waals surface area contributed by atoms with E-state index in [1.54, 1.807) is 6.07 Å². The van der Waals surface area contributed by atoms with Crippen molar-refractivity contribution in [3.05, 3.63) is 27.3 Å². The number of rotatable bonds is 5. The zero-order chi connectivity index (χ0) is 14.0. The van der Waals surface area contributed by atoms with Crippen LogP contribution in [0.25, 0.3) is 11.0 Å². The van der Waals surface area contributed by atoms with Gasteiger partial charge in [0.25, 0.3) is 0 Å². The number of nitrogens with zero attached hydrogens (tertiary/aromatic N) is 2. The molecule has 2 N–H and O–H groups in total. The zero-order valence-electron chi connectivity index (χ0n) is 10.00. The van der Waals surface area contributed by atoms with Gasteiger partial charge in [0, 0.05) is 19.0 Å². The summed E-state index contributed by atoms with van der Waals surface area (Å²) in [6.07, 6.45) is 0.868. The number of amides is 1. The predicted octanol–water partition coefficient (Wildman–Crippen LogP) is 2.78. The standard InChI is InChI=1S/C12H12ClFIN3O/c13-6-12-17-9-5-8(15)7(14)4-10(9)18(12)3-1-2-11(16)19/h4-5H,1-3,6H2,(H2,16,19). The Morgan fingerprint density at radius 1 is 1.53 bits per heavy atom. The van der Waals surface area contributed by atoms with Crippen LogP contribution in [0.3, 0.4) is 0 Å². The highest BCUT2D eigenvalue weighted by atomic mass is 127. The molecule has 7 heteroatoms. The lowest BCUT2D eigenvalue weighted by molar-refractivity contribution is -0.118. The molecule has 0 bridgehead atoms. The van der Waals surface area contributed by atoms with Crippen molar-refractivity contribution in [1.29, 1.82) is 0 Å². The Labute approximate surface area is 128 Å². The Morgan fingerprint density at radius 3 is 2.89 bits per heavy atom. The van der Waals surface area contributed by atoms with Crippen molar-refractivity contribution in [3.63, 3.8) is 0 Å². The van der Waals surface area contributed by atoms with Gasteiger partial charge in [-0.1, -0.05) is 0 Å².